The number of fused-ring (bicyclic) bond motifs is 1. The lowest BCUT2D eigenvalue weighted by atomic mass is 10.2. The van der Waals surface area contributed by atoms with Crippen LogP contribution in [0.5, 0.6) is 11.5 Å². The van der Waals surface area contributed by atoms with Crippen LogP contribution in [-0.2, 0) is 10.1 Å². The second-order valence-corrected chi connectivity index (χ2v) is 6.19. The Morgan fingerprint density at radius 2 is 2.00 bits per heavy atom. The van der Waals surface area contributed by atoms with Gasteiger partial charge in [-0.05, 0) is 12.1 Å². The minimum Gasteiger partial charge on any atom is -0.496 e. The lowest BCUT2D eigenvalue weighted by Crippen LogP contribution is -2.05. The maximum absolute atomic E-state index is 11.2. The predicted octanol–water partition coefficient (Wildman–Crippen LogP) is 1.03. The van der Waals surface area contributed by atoms with E-state index in [4.69, 9.17) is 8.92 Å². The van der Waals surface area contributed by atoms with Crippen molar-refractivity contribution in [2.45, 2.75) is 0 Å². The molecule has 0 unspecified atom stereocenters. The number of rotatable bonds is 4. The molecule has 0 saturated heterocycles. The molecule has 2 aliphatic heterocycles. The van der Waals surface area contributed by atoms with E-state index in [2.05, 4.69) is 15.0 Å². The summed E-state index contributed by atoms with van der Waals surface area (Å²) in [7, 11) is -2.21. The molecule has 10 heteroatoms. The molecule has 9 nitrogen and oxygen atoms in total. The fourth-order valence-electron chi connectivity index (χ4n) is 2.01. The summed E-state index contributed by atoms with van der Waals surface area (Å²) in [5, 5.41) is 9.69. The summed E-state index contributed by atoms with van der Waals surface area (Å²) < 4.78 is 33.2. The van der Waals surface area contributed by atoms with Crippen molar-refractivity contribution in [3.8, 4) is 34.5 Å². The van der Waals surface area contributed by atoms with E-state index in [0.29, 0.717) is 11.3 Å². The van der Waals surface area contributed by atoms with Gasteiger partial charge in [-0.2, -0.15) is 13.1 Å². The molecule has 0 radical (unpaired) electrons. The van der Waals surface area contributed by atoms with E-state index in [1.54, 1.807) is 6.07 Å². The van der Waals surface area contributed by atoms with Gasteiger partial charge in [0.2, 0.25) is 11.6 Å². The van der Waals surface area contributed by atoms with Crippen molar-refractivity contribution in [3.05, 3.63) is 30.6 Å². The highest BCUT2D eigenvalue weighted by atomic mass is 32.2. The fraction of sp³-hybridized carbons (Fsp3) is 0.154. The summed E-state index contributed by atoms with van der Waals surface area (Å²) in [5.74, 6) is 1.18. The maximum Gasteiger partial charge on any atom is 0.306 e. The fourth-order valence-corrected chi connectivity index (χ4v) is 2.46. The molecule has 1 aromatic rings. The molecule has 2 heterocycles. The van der Waals surface area contributed by atoms with E-state index >= 15 is 0 Å². The molecule has 0 saturated carbocycles. The number of benzene rings is 1. The number of ether oxygens (including phenoxy) is 1. The quantitative estimate of drug-likeness (QED) is 0.554. The van der Waals surface area contributed by atoms with Crippen LogP contribution in [0.1, 0.15) is 0 Å². The van der Waals surface area contributed by atoms with Crippen LogP contribution in [0.15, 0.2) is 30.6 Å². The van der Waals surface area contributed by atoms with E-state index in [1.807, 2.05) is 0 Å². The number of imidazole rings is 1. The Hall–Kier alpha value is -2.88. The monoisotopic (exact) mass is 336 g/mol. The molecule has 120 valence electrons. The molecule has 1 aromatic carbocycles. The van der Waals surface area contributed by atoms with Gasteiger partial charge in [0.1, 0.15) is 11.5 Å². The zero-order chi connectivity index (χ0) is 16.6. The average molecular weight is 336 g/mol. The zero-order valence-corrected chi connectivity index (χ0v) is 13.0. The first-order valence-electron chi connectivity index (χ1n) is 6.35. The molecule has 0 aliphatic carbocycles. The smallest absolute Gasteiger partial charge is 0.306 e. The summed E-state index contributed by atoms with van der Waals surface area (Å²) in [4.78, 5) is 12.4. The van der Waals surface area contributed by atoms with E-state index in [1.165, 1.54) is 31.6 Å². The number of hydrogen-bond acceptors (Lipinski definition) is 8. The van der Waals surface area contributed by atoms with Crippen molar-refractivity contribution in [1.29, 1.82) is 0 Å². The summed E-state index contributed by atoms with van der Waals surface area (Å²) >= 11 is 0. The number of hydrogen-bond donors (Lipinski definition) is 1. The third-order valence-electron chi connectivity index (χ3n) is 2.91. The highest BCUT2D eigenvalue weighted by molar-refractivity contribution is 7.86. The van der Waals surface area contributed by atoms with Crippen LogP contribution in [0.3, 0.4) is 0 Å². The molecule has 0 bridgehead atoms. The van der Waals surface area contributed by atoms with Gasteiger partial charge in [-0.1, -0.05) is 0 Å². The lowest BCUT2D eigenvalue weighted by Gasteiger charge is -2.08. The van der Waals surface area contributed by atoms with Gasteiger partial charge in [0, 0.05) is 12.3 Å². The molecule has 0 aromatic heterocycles. The molecule has 0 fully saturated rings. The van der Waals surface area contributed by atoms with Gasteiger partial charge >= 0.3 is 10.1 Å². The highest BCUT2D eigenvalue weighted by Gasteiger charge is 2.19. The Morgan fingerprint density at radius 3 is 2.65 bits per heavy atom. The van der Waals surface area contributed by atoms with E-state index in [9.17, 15) is 13.6 Å². The van der Waals surface area contributed by atoms with E-state index in [-0.39, 0.29) is 23.2 Å². The first-order valence-corrected chi connectivity index (χ1v) is 8.17. The molecule has 0 spiro atoms. The van der Waals surface area contributed by atoms with Crippen molar-refractivity contribution in [3.63, 3.8) is 0 Å². The van der Waals surface area contributed by atoms with E-state index in [0.717, 1.165) is 11.0 Å². The minimum atomic E-state index is -3.64. The molecule has 2 aliphatic rings. The number of aromatic nitrogens is 4. The second kappa shape index (κ2) is 5.39. The predicted molar refractivity (Wildman–Crippen MR) is 79.1 cm³/mol. The van der Waals surface area contributed by atoms with Gasteiger partial charge in [-0.25, -0.2) is 15.0 Å². The number of nitrogens with zero attached hydrogens (tertiary/aromatic N) is 4. The van der Waals surface area contributed by atoms with Crippen LogP contribution in [0.4, 0.5) is 0 Å². The SMILES string of the molecule is COc1cc(OS(C)(=O)=O)ccc1-c1nc2nccn(O)c-2n1. The third-order valence-corrected chi connectivity index (χ3v) is 3.40. The van der Waals surface area contributed by atoms with Crippen molar-refractivity contribution in [2.24, 2.45) is 0 Å². The molecule has 0 amide bonds. The summed E-state index contributed by atoms with van der Waals surface area (Å²) in [5.41, 5.74) is 0.506. The molecule has 0 atom stereocenters. The van der Waals surface area contributed by atoms with Crippen molar-refractivity contribution < 1.29 is 22.5 Å². The molecule has 23 heavy (non-hydrogen) atoms. The van der Waals surface area contributed by atoms with Crippen molar-refractivity contribution in [2.75, 3.05) is 13.4 Å². The van der Waals surface area contributed by atoms with Gasteiger partial charge in [0.05, 0.1) is 25.1 Å². The second-order valence-electron chi connectivity index (χ2n) is 4.62. The summed E-state index contributed by atoms with van der Waals surface area (Å²) in [6.45, 7) is 0. The van der Waals surface area contributed by atoms with Gasteiger partial charge in [0.25, 0.3) is 0 Å². The van der Waals surface area contributed by atoms with Crippen LogP contribution in [-0.4, -0.2) is 46.7 Å². The zero-order valence-electron chi connectivity index (χ0n) is 12.2. The maximum atomic E-state index is 11.2. The average Bonchev–Trinajstić information content (AvgIpc) is 2.90. The van der Waals surface area contributed by atoms with Gasteiger partial charge < -0.3 is 14.1 Å². The Morgan fingerprint density at radius 1 is 1.22 bits per heavy atom. The largest absolute Gasteiger partial charge is 0.496 e. The highest BCUT2D eigenvalue weighted by Crippen LogP contribution is 2.33. The van der Waals surface area contributed by atoms with Crippen LogP contribution < -0.4 is 8.92 Å². The molecule has 1 N–H and O–H groups in total. The molecular formula is C13H12N4O5S. The minimum absolute atomic E-state index is 0.111. The van der Waals surface area contributed by atoms with Crippen LogP contribution >= 0.6 is 0 Å². The molecular weight excluding hydrogens is 324 g/mol. The van der Waals surface area contributed by atoms with Crippen LogP contribution in [0.2, 0.25) is 0 Å². The molecule has 3 rings (SSSR count). The number of methoxy groups -OCH3 is 1. The summed E-state index contributed by atoms with van der Waals surface area (Å²) in [6, 6.07) is 4.44. The Balaban J connectivity index is 2.08. The van der Waals surface area contributed by atoms with Gasteiger partial charge in [0.15, 0.2) is 5.82 Å². The van der Waals surface area contributed by atoms with Crippen LogP contribution in [0, 0.1) is 0 Å². The Bertz CT molecular complexity index is 937. The third kappa shape index (κ3) is 3.01. The standard InChI is InChI=1S/C13H12N4O5S/c1-21-10-7-8(22-23(2,19)20)3-4-9(10)11-15-12-13(16-11)17(18)6-5-14-12/h3-7,18H,1-2H3. The first-order chi connectivity index (χ1) is 10.9. The van der Waals surface area contributed by atoms with Crippen molar-refractivity contribution >= 4 is 10.1 Å². The Kier molecular flexibility index (Phi) is 3.52. The first kappa shape index (κ1) is 15.0. The topological polar surface area (TPSA) is 116 Å². The van der Waals surface area contributed by atoms with E-state index < -0.39 is 10.1 Å². The normalized spacial score (nSPS) is 11.6. The summed E-state index contributed by atoms with van der Waals surface area (Å²) in [6.07, 6.45) is 3.67. The van der Waals surface area contributed by atoms with Gasteiger partial charge in [-0.15, -0.1) is 0 Å². The van der Waals surface area contributed by atoms with Gasteiger partial charge in [-0.3, -0.25) is 0 Å². The Labute approximate surface area is 131 Å². The lowest BCUT2D eigenvalue weighted by molar-refractivity contribution is 0.185. The van der Waals surface area contributed by atoms with Crippen molar-refractivity contribution in [1.82, 2.24) is 19.7 Å². The van der Waals surface area contributed by atoms with Crippen LogP contribution in [0.25, 0.3) is 23.0 Å².